The van der Waals surface area contributed by atoms with Crippen LogP contribution in [0.25, 0.3) is 0 Å². The van der Waals surface area contributed by atoms with Crippen LogP contribution in [0.4, 0.5) is 8.78 Å². The predicted molar refractivity (Wildman–Crippen MR) is 75.8 cm³/mol. The number of amides is 1. The van der Waals surface area contributed by atoms with Gasteiger partial charge in [-0.2, -0.15) is 4.31 Å². The van der Waals surface area contributed by atoms with Crippen molar-refractivity contribution < 1.29 is 22.0 Å². The van der Waals surface area contributed by atoms with Crippen molar-refractivity contribution >= 4 is 15.9 Å². The van der Waals surface area contributed by atoms with Crippen molar-refractivity contribution in [2.45, 2.75) is 18.1 Å². The molecule has 2 fully saturated rings. The Morgan fingerprint density at radius 1 is 1.05 bits per heavy atom. The molecule has 1 heterocycles. The van der Waals surface area contributed by atoms with E-state index < -0.39 is 33.1 Å². The van der Waals surface area contributed by atoms with Gasteiger partial charge in [-0.1, -0.05) is 6.07 Å². The highest BCUT2D eigenvalue weighted by atomic mass is 32.2. The number of halogens is 2. The van der Waals surface area contributed by atoms with Gasteiger partial charge in [-0.25, -0.2) is 17.2 Å². The Morgan fingerprint density at radius 3 is 2.09 bits per heavy atom. The number of sulfonamides is 1. The van der Waals surface area contributed by atoms with Gasteiger partial charge in [0.2, 0.25) is 10.0 Å². The van der Waals surface area contributed by atoms with Crippen molar-refractivity contribution in [1.29, 1.82) is 0 Å². The third-order valence-electron chi connectivity index (χ3n) is 4.01. The average molecular weight is 330 g/mol. The lowest BCUT2D eigenvalue weighted by molar-refractivity contribution is 0.0688. The normalized spacial score (nSPS) is 20.2. The molecule has 3 rings (SSSR count). The predicted octanol–water partition coefficient (Wildman–Crippen LogP) is 1.21. The van der Waals surface area contributed by atoms with Crippen LogP contribution in [-0.2, 0) is 10.0 Å². The Balaban J connectivity index is 1.70. The maximum atomic E-state index is 13.6. The van der Waals surface area contributed by atoms with Gasteiger partial charge in [-0.3, -0.25) is 4.79 Å². The molecule has 0 spiro atoms. The molecule has 2 aliphatic rings. The van der Waals surface area contributed by atoms with E-state index >= 15 is 0 Å². The van der Waals surface area contributed by atoms with E-state index in [-0.39, 0.29) is 31.4 Å². The number of nitrogens with zero attached hydrogens (tertiary/aromatic N) is 2. The molecule has 1 aromatic rings. The van der Waals surface area contributed by atoms with Crippen LogP contribution in [0.3, 0.4) is 0 Å². The minimum absolute atomic E-state index is 0.137. The van der Waals surface area contributed by atoms with Crippen LogP contribution in [0, 0.1) is 11.6 Å². The Hall–Kier alpha value is -1.54. The molecule has 1 aliphatic carbocycles. The monoisotopic (exact) mass is 330 g/mol. The standard InChI is InChI=1S/C14H16F2N2O3S/c15-11-2-1-3-12(16)13(11)14(19)17-6-8-18(9-7-17)22(20,21)10-4-5-10/h1-3,10H,4-9H2. The summed E-state index contributed by atoms with van der Waals surface area (Å²) < 4.78 is 52.9. The van der Waals surface area contributed by atoms with Crippen molar-refractivity contribution in [2.24, 2.45) is 0 Å². The fraction of sp³-hybridized carbons (Fsp3) is 0.500. The minimum Gasteiger partial charge on any atom is -0.336 e. The van der Waals surface area contributed by atoms with Gasteiger partial charge < -0.3 is 4.90 Å². The molecule has 8 heteroatoms. The van der Waals surface area contributed by atoms with Crippen molar-refractivity contribution in [3.8, 4) is 0 Å². The van der Waals surface area contributed by atoms with Crippen molar-refractivity contribution in [1.82, 2.24) is 9.21 Å². The zero-order chi connectivity index (χ0) is 15.9. The summed E-state index contributed by atoms with van der Waals surface area (Å²) in [6.45, 7) is 0.610. The number of hydrogen-bond donors (Lipinski definition) is 0. The second kappa shape index (κ2) is 5.58. The summed E-state index contributed by atoms with van der Waals surface area (Å²) in [5.74, 6) is -2.55. The first-order valence-electron chi connectivity index (χ1n) is 7.13. The van der Waals surface area contributed by atoms with E-state index in [0.29, 0.717) is 12.8 Å². The summed E-state index contributed by atoms with van der Waals surface area (Å²) in [6, 6.07) is 3.26. The Kier molecular flexibility index (Phi) is 3.90. The number of piperazine rings is 1. The quantitative estimate of drug-likeness (QED) is 0.837. The molecule has 1 saturated heterocycles. The van der Waals surface area contributed by atoms with Gasteiger partial charge in [0.15, 0.2) is 0 Å². The number of hydrogen-bond acceptors (Lipinski definition) is 3. The number of carbonyl (C=O) groups is 1. The van der Waals surface area contributed by atoms with Crippen LogP contribution in [0.5, 0.6) is 0 Å². The molecular weight excluding hydrogens is 314 g/mol. The second-order valence-electron chi connectivity index (χ2n) is 5.53. The van der Waals surface area contributed by atoms with Gasteiger partial charge in [0.05, 0.1) is 5.25 Å². The van der Waals surface area contributed by atoms with E-state index in [9.17, 15) is 22.0 Å². The van der Waals surface area contributed by atoms with Gasteiger partial charge in [0.25, 0.3) is 5.91 Å². The fourth-order valence-corrected chi connectivity index (χ4v) is 4.41. The highest BCUT2D eigenvalue weighted by Gasteiger charge is 2.41. The van der Waals surface area contributed by atoms with E-state index in [1.807, 2.05) is 0 Å². The lowest BCUT2D eigenvalue weighted by Crippen LogP contribution is -2.51. The van der Waals surface area contributed by atoms with E-state index in [1.54, 1.807) is 0 Å². The molecular formula is C14H16F2N2O3S. The fourth-order valence-electron chi connectivity index (χ4n) is 2.58. The molecule has 22 heavy (non-hydrogen) atoms. The highest BCUT2D eigenvalue weighted by Crippen LogP contribution is 2.31. The molecule has 1 aliphatic heterocycles. The lowest BCUT2D eigenvalue weighted by Gasteiger charge is -2.34. The smallest absolute Gasteiger partial charge is 0.259 e. The van der Waals surface area contributed by atoms with Gasteiger partial charge in [0, 0.05) is 26.2 Å². The van der Waals surface area contributed by atoms with Crippen molar-refractivity contribution in [3.05, 3.63) is 35.4 Å². The van der Waals surface area contributed by atoms with Crippen LogP contribution in [0.1, 0.15) is 23.2 Å². The Labute approximate surface area is 127 Å². The molecule has 1 aromatic carbocycles. The summed E-state index contributed by atoms with van der Waals surface area (Å²) in [5.41, 5.74) is -0.582. The first kappa shape index (κ1) is 15.4. The van der Waals surface area contributed by atoms with E-state index in [4.69, 9.17) is 0 Å². The van der Waals surface area contributed by atoms with Crippen LogP contribution < -0.4 is 0 Å². The molecule has 0 bridgehead atoms. The zero-order valence-electron chi connectivity index (χ0n) is 11.8. The lowest BCUT2D eigenvalue weighted by atomic mass is 10.1. The largest absolute Gasteiger partial charge is 0.336 e. The topological polar surface area (TPSA) is 57.7 Å². The van der Waals surface area contributed by atoms with Crippen LogP contribution in [0.2, 0.25) is 0 Å². The first-order valence-corrected chi connectivity index (χ1v) is 8.64. The average Bonchev–Trinajstić information content (AvgIpc) is 3.32. The molecule has 0 N–H and O–H groups in total. The third-order valence-corrected chi connectivity index (χ3v) is 6.41. The van der Waals surface area contributed by atoms with Crippen molar-refractivity contribution in [3.63, 3.8) is 0 Å². The van der Waals surface area contributed by atoms with Gasteiger partial charge in [-0.15, -0.1) is 0 Å². The maximum absolute atomic E-state index is 13.6. The van der Waals surface area contributed by atoms with E-state index in [1.165, 1.54) is 15.3 Å². The minimum atomic E-state index is -3.27. The number of rotatable bonds is 3. The molecule has 0 aromatic heterocycles. The number of benzene rings is 1. The zero-order valence-corrected chi connectivity index (χ0v) is 12.7. The van der Waals surface area contributed by atoms with Crippen molar-refractivity contribution in [2.75, 3.05) is 26.2 Å². The first-order chi connectivity index (χ1) is 10.4. The van der Waals surface area contributed by atoms with Gasteiger partial charge in [0.1, 0.15) is 17.2 Å². The molecule has 0 unspecified atom stereocenters. The molecule has 5 nitrogen and oxygen atoms in total. The number of carbonyl (C=O) groups excluding carboxylic acids is 1. The highest BCUT2D eigenvalue weighted by molar-refractivity contribution is 7.90. The molecule has 120 valence electrons. The Morgan fingerprint density at radius 2 is 1.59 bits per heavy atom. The summed E-state index contributed by atoms with van der Waals surface area (Å²) in [4.78, 5) is 13.5. The maximum Gasteiger partial charge on any atom is 0.259 e. The van der Waals surface area contributed by atoms with Crippen LogP contribution in [-0.4, -0.2) is 55.0 Å². The van der Waals surface area contributed by atoms with E-state index in [2.05, 4.69) is 0 Å². The van der Waals surface area contributed by atoms with E-state index in [0.717, 1.165) is 12.1 Å². The van der Waals surface area contributed by atoms with Crippen LogP contribution in [0.15, 0.2) is 18.2 Å². The summed E-state index contributed by atoms with van der Waals surface area (Å²) in [5, 5.41) is -0.293. The SMILES string of the molecule is O=C(c1c(F)cccc1F)N1CCN(S(=O)(=O)C2CC2)CC1. The summed E-state index contributed by atoms with van der Waals surface area (Å²) in [6.07, 6.45) is 1.36. The van der Waals surface area contributed by atoms with Crippen LogP contribution >= 0.6 is 0 Å². The van der Waals surface area contributed by atoms with Gasteiger partial charge in [-0.05, 0) is 25.0 Å². The third kappa shape index (κ3) is 2.72. The molecule has 0 radical (unpaired) electrons. The Bertz CT molecular complexity index is 676. The summed E-state index contributed by atoms with van der Waals surface area (Å²) >= 11 is 0. The van der Waals surface area contributed by atoms with Gasteiger partial charge >= 0.3 is 0 Å². The second-order valence-corrected chi connectivity index (χ2v) is 7.75. The molecule has 1 saturated carbocycles. The summed E-state index contributed by atoms with van der Waals surface area (Å²) in [7, 11) is -3.27. The molecule has 0 atom stereocenters. The molecule has 1 amide bonds.